The van der Waals surface area contributed by atoms with Crippen LogP contribution in [0.5, 0.6) is 17.2 Å². The summed E-state index contributed by atoms with van der Waals surface area (Å²) >= 11 is 0. The molecule has 0 unspecified atom stereocenters. The van der Waals surface area contributed by atoms with Crippen LogP contribution in [0.2, 0.25) is 0 Å². The van der Waals surface area contributed by atoms with E-state index in [4.69, 9.17) is 9.47 Å². The average Bonchev–Trinajstić information content (AvgIpc) is 3.52. The molecular formula is C22H18F2N8O3. The molecule has 1 aromatic carbocycles. The van der Waals surface area contributed by atoms with E-state index in [1.54, 1.807) is 49.6 Å². The smallest absolute Gasteiger partial charge is 0.387 e. The van der Waals surface area contributed by atoms with Crippen LogP contribution >= 0.6 is 0 Å². The normalized spacial score (nSPS) is 11.2. The maximum Gasteiger partial charge on any atom is 0.387 e. The first-order valence-electron chi connectivity index (χ1n) is 10.3. The Morgan fingerprint density at radius 3 is 2.71 bits per heavy atom. The predicted molar refractivity (Wildman–Crippen MR) is 119 cm³/mol. The summed E-state index contributed by atoms with van der Waals surface area (Å²) in [7, 11) is 3.37. The van der Waals surface area contributed by atoms with Crippen molar-refractivity contribution < 1.29 is 23.0 Å². The van der Waals surface area contributed by atoms with Crippen LogP contribution in [-0.4, -0.2) is 46.7 Å². The molecule has 0 saturated heterocycles. The third-order valence-electron chi connectivity index (χ3n) is 4.94. The van der Waals surface area contributed by atoms with Crippen molar-refractivity contribution in [1.29, 1.82) is 0 Å². The first-order valence-corrected chi connectivity index (χ1v) is 10.3. The van der Waals surface area contributed by atoms with Crippen LogP contribution in [0.1, 0.15) is 10.4 Å². The Balaban J connectivity index is 1.52. The number of carbonyl (C=O) groups is 1. The lowest BCUT2D eigenvalue weighted by molar-refractivity contribution is -0.0494. The second-order valence-corrected chi connectivity index (χ2v) is 7.45. The number of carbonyl (C=O) groups excluding carboxylic acids is 1. The lowest BCUT2D eigenvalue weighted by Crippen LogP contribution is -2.12. The third kappa shape index (κ3) is 4.51. The molecule has 0 spiro atoms. The summed E-state index contributed by atoms with van der Waals surface area (Å²) in [6, 6.07) is 6.02. The highest BCUT2D eigenvalue weighted by molar-refractivity contribution is 6.09. The Bertz CT molecular complexity index is 1520. The summed E-state index contributed by atoms with van der Waals surface area (Å²) < 4.78 is 41.3. The Kier molecular flexibility index (Phi) is 5.57. The van der Waals surface area contributed by atoms with Crippen molar-refractivity contribution in [3.8, 4) is 28.5 Å². The van der Waals surface area contributed by atoms with Gasteiger partial charge < -0.3 is 14.8 Å². The van der Waals surface area contributed by atoms with Crippen molar-refractivity contribution >= 4 is 17.2 Å². The van der Waals surface area contributed by atoms with E-state index in [2.05, 4.69) is 25.6 Å². The second kappa shape index (κ2) is 8.85. The van der Waals surface area contributed by atoms with E-state index in [-0.39, 0.29) is 28.3 Å². The van der Waals surface area contributed by atoms with Gasteiger partial charge in [-0.05, 0) is 24.3 Å². The molecule has 0 aliphatic heterocycles. The average molecular weight is 480 g/mol. The number of halogens is 2. The van der Waals surface area contributed by atoms with E-state index in [9.17, 15) is 13.6 Å². The summed E-state index contributed by atoms with van der Waals surface area (Å²) in [6.07, 6.45) is 9.32. The number of aromatic nitrogens is 7. The van der Waals surface area contributed by atoms with E-state index in [0.717, 1.165) is 0 Å². The van der Waals surface area contributed by atoms with Crippen LogP contribution in [0.4, 0.5) is 14.5 Å². The van der Waals surface area contributed by atoms with Gasteiger partial charge in [-0.2, -0.15) is 24.1 Å². The van der Waals surface area contributed by atoms with Gasteiger partial charge in [0.2, 0.25) is 0 Å². The van der Waals surface area contributed by atoms with Gasteiger partial charge in [-0.1, -0.05) is 0 Å². The Morgan fingerprint density at radius 1 is 1.09 bits per heavy atom. The minimum absolute atomic E-state index is 0.134. The standard InChI is InChI=1S/C22H18F2N8O3/c1-30-11-14(9-26-30)34-13-4-5-18(35-22(23)24)15(8-13)19-17(12-31(2)29-19)28-21(33)16-10-27-32-7-3-6-25-20(16)32/h3-12,22H,1-2H3,(H,28,33). The quantitative estimate of drug-likeness (QED) is 0.379. The molecule has 0 radical (unpaired) electrons. The summed E-state index contributed by atoms with van der Waals surface area (Å²) in [5, 5.41) is 15.3. The predicted octanol–water partition coefficient (Wildman–Crippen LogP) is 3.51. The molecule has 178 valence electrons. The molecule has 0 aliphatic carbocycles. The fourth-order valence-electron chi connectivity index (χ4n) is 3.50. The number of amides is 1. The van der Waals surface area contributed by atoms with Gasteiger partial charge in [-0.15, -0.1) is 0 Å². The third-order valence-corrected chi connectivity index (χ3v) is 4.94. The van der Waals surface area contributed by atoms with Gasteiger partial charge in [0.25, 0.3) is 5.91 Å². The zero-order valence-corrected chi connectivity index (χ0v) is 18.5. The Morgan fingerprint density at radius 2 is 1.94 bits per heavy atom. The minimum Gasteiger partial charge on any atom is -0.454 e. The molecule has 35 heavy (non-hydrogen) atoms. The number of aryl methyl sites for hydroxylation is 2. The van der Waals surface area contributed by atoms with Gasteiger partial charge in [0.15, 0.2) is 11.4 Å². The van der Waals surface area contributed by atoms with E-state index in [1.165, 1.54) is 39.8 Å². The highest BCUT2D eigenvalue weighted by Crippen LogP contribution is 2.38. The van der Waals surface area contributed by atoms with Gasteiger partial charge in [0, 0.05) is 32.7 Å². The van der Waals surface area contributed by atoms with E-state index in [0.29, 0.717) is 17.1 Å². The molecular weight excluding hydrogens is 462 g/mol. The van der Waals surface area contributed by atoms with E-state index < -0.39 is 12.5 Å². The fourth-order valence-corrected chi connectivity index (χ4v) is 3.50. The van der Waals surface area contributed by atoms with Crippen LogP contribution < -0.4 is 14.8 Å². The number of anilines is 1. The minimum atomic E-state index is -3.06. The number of fused-ring (bicyclic) bond motifs is 1. The largest absolute Gasteiger partial charge is 0.454 e. The highest BCUT2D eigenvalue weighted by atomic mass is 19.3. The number of rotatable bonds is 7. The van der Waals surface area contributed by atoms with Crippen molar-refractivity contribution in [2.24, 2.45) is 14.1 Å². The lowest BCUT2D eigenvalue weighted by Gasteiger charge is -2.13. The number of nitrogens with zero attached hydrogens (tertiary/aromatic N) is 7. The highest BCUT2D eigenvalue weighted by Gasteiger charge is 2.22. The molecule has 0 fully saturated rings. The number of hydrogen-bond acceptors (Lipinski definition) is 7. The molecule has 0 saturated carbocycles. The maximum absolute atomic E-state index is 13.1. The molecule has 0 bridgehead atoms. The van der Waals surface area contributed by atoms with Gasteiger partial charge in [0.1, 0.15) is 22.8 Å². The molecule has 1 amide bonds. The monoisotopic (exact) mass is 480 g/mol. The Labute approximate surface area is 196 Å². The molecule has 5 aromatic rings. The molecule has 4 aromatic heterocycles. The van der Waals surface area contributed by atoms with Crippen LogP contribution in [-0.2, 0) is 14.1 Å². The first-order chi connectivity index (χ1) is 16.9. The van der Waals surface area contributed by atoms with E-state index >= 15 is 0 Å². The molecule has 4 heterocycles. The van der Waals surface area contributed by atoms with Crippen molar-refractivity contribution in [2.75, 3.05) is 5.32 Å². The van der Waals surface area contributed by atoms with Crippen LogP contribution in [0.25, 0.3) is 16.9 Å². The van der Waals surface area contributed by atoms with Gasteiger partial charge in [-0.3, -0.25) is 14.2 Å². The Hall–Kier alpha value is -4.81. The summed E-state index contributed by atoms with van der Waals surface area (Å²) in [5.74, 6) is 0.165. The molecule has 0 atom stereocenters. The molecule has 1 N–H and O–H groups in total. The fraction of sp³-hybridized carbons (Fsp3) is 0.136. The van der Waals surface area contributed by atoms with Gasteiger partial charge >= 0.3 is 6.61 Å². The van der Waals surface area contributed by atoms with Gasteiger partial charge in [-0.25, -0.2) is 9.50 Å². The van der Waals surface area contributed by atoms with Crippen LogP contribution in [0.15, 0.2) is 61.4 Å². The van der Waals surface area contributed by atoms with Crippen LogP contribution in [0.3, 0.4) is 0 Å². The first kappa shape index (κ1) is 22.0. The van der Waals surface area contributed by atoms with Crippen molar-refractivity contribution in [3.05, 3.63) is 67.0 Å². The zero-order valence-electron chi connectivity index (χ0n) is 18.5. The van der Waals surface area contributed by atoms with Crippen molar-refractivity contribution in [3.63, 3.8) is 0 Å². The van der Waals surface area contributed by atoms with Gasteiger partial charge in [0.05, 0.1) is 29.8 Å². The number of alkyl halides is 2. The molecule has 5 rings (SSSR count). The summed E-state index contributed by atoms with van der Waals surface area (Å²) in [6.45, 7) is -3.06. The molecule has 11 nitrogen and oxygen atoms in total. The summed E-state index contributed by atoms with van der Waals surface area (Å²) in [4.78, 5) is 17.2. The van der Waals surface area contributed by atoms with E-state index in [1.807, 2.05) is 0 Å². The van der Waals surface area contributed by atoms with Crippen molar-refractivity contribution in [2.45, 2.75) is 6.61 Å². The number of nitrogens with one attached hydrogen (secondary N) is 1. The number of benzene rings is 1. The molecule has 0 aliphatic rings. The molecule has 13 heteroatoms. The zero-order chi connectivity index (χ0) is 24.5. The number of hydrogen-bond donors (Lipinski definition) is 1. The topological polar surface area (TPSA) is 113 Å². The lowest BCUT2D eigenvalue weighted by atomic mass is 10.1. The summed E-state index contributed by atoms with van der Waals surface area (Å²) in [5.41, 5.74) is 1.27. The van der Waals surface area contributed by atoms with Crippen molar-refractivity contribution in [1.82, 2.24) is 34.2 Å². The van der Waals surface area contributed by atoms with Crippen LogP contribution in [0, 0.1) is 0 Å². The number of ether oxygens (including phenoxy) is 2. The SMILES string of the molecule is Cn1cc(Oc2ccc(OC(F)F)c(-c3nn(C)cc3NC(=O)c3cnn4cccnc34)c2)cn1. The maximum atomic E-state index is 13.1. The second-order valence-electron chi connectivity index (χ2n) is 7.45.